The molecule has 0 saturated heterocycles. The molecule has 1 rings (SSSR count). The number of aliphatic hydroxyl groups is 2. The van der Waals surface area contributed by atoms with Crippen LogP contribution in [0, 0.1) is 6.92 Å². The van der Waals surface area contributed by atoms with E-state index in [1.807, 2.05) is 30.3 Å². The lowest BCUT2D eigenvalue weighted by Crippen LogP contribution is -2.37. The highest BCUT2D eigenvalue weighted by molar-refractivity contribution is 7.14. The monoisotopic (exact) mass is 201 g/mol. The van der Waals surface area contributed by atoms with Gasteiger partial charge in [0.25, 0.3) is 0 Å². The smallest absolute Gasteiger partial charge is 0.0939 e. The average molecular weight is 201 g/mol. The summed E-state index contributed by atoms with van der Waals surface area (Å²) in [6, 6.07) is 1.83. The Kier molecular flexibility index (Phi) is 3.71. The van der Waals surface area contributed by atoms with Crippen LogP contribution in [0.15, 0.2) is 11.4 Å². The number of rotatable bonds is 4. The van der Waals surface area contributed by atoms with Crippen LogP contribution in [-0.2, 0) is 0 Å². The Morgan fingerprint density at radius 3 is 2.46 bits per heavy atom. The van der Waals surface area contributed by atoms with Gasteiger partial charge in [0.05, 0.1) is 24.3 Å². The maximum atomic E-state index is 8.99. The first-order valence-corrected chi connectivity index (χ1v) is 5.07. The maximum absolute atomic E-state index is 8.99. The number of likely N-dealkylation sites (N-methyl/N-ethyl adjacent to an activating group) is 1. The van der Waals surface area contributed by atoms with Crippen molar-refractivity contribution in [3.63, 3.8) is 0 Å². The lowest BCUT2D eigenvalue weighted by Gasteiger charge is -2.26. The Labute approximate surface area is 82.2 Å². The number of anilines is 1. The molecule has 0 radical (unpaired) electrons. The number of thiophene rings is 1. The van der Waals surface area contributed by atoms with E-state index < -0.39 is 0 Å². The van der Waals surface area contributed by atoms with Crippen LogP contribution >= 0.6 is 11.3 Å². The van der Waals surface area contributed by atoms with Crippen LogP contribution in [0.3, 0.4) is 0 Å². The van der Waals surface area contributed by atoms with Gasteiger partial charge < -0.3 is 15.1 Å². The van der Waals surface area contributed by atoms with Crippen molar-refractivity contribution in [3.05, 3.63) is 17.0 Å². The second kappa shape index (κ2) is 4.60. The van der Waals surface area contributed by atoms with Gasteiger partial charge in [-0.2, -0.15) is 0 Å². The molecule has 0 unspecified atom stereocenters. The summed E-state index contributed by atoms with van der Waals surface area (Å²) in [6.45, 7) is 1.98. The standard InChI is InChI=1S/C9H15NO2S/c1-7-3-4-13-9(7)10(2)8(5-11)6-12/h3-4,8,11-12H,5-6H2,1-2H3. The summed E-state index contributed by atoms with van der Waals surface area (Å²) in [5.41, 5.74) is 1.18. The first kappa shape index (κ1) is 10.5. The molecule has 13 heavy (non-hydrogen) atoms. The van der Waals surface area contributed by atoms with Crippen molar-refractivity contribution in [3.8, 4) is 0 Å². The van der Waals surface area contributed by atoms with Gasteiger partial charge in [0.2, 0.25) is 0 Å². The highest BCUT2D eigenvalue weighted by atomic mass is 32.1. The molecule has 1 aromatic heterocycles. The molecule has 0 aliphatic rings. The van der Waals surface area contributed by atoms with Gasteiger partial charge in [-0.1, -0.05) is 0 Å². The first-order valence-electron chi connectivity index (χ1n) is 4.19. The fourth-order valence-corrected chi connectivity index (χ4v) is 2.16. The second-order valence-electron chi connectivity index (χ2n) is 3.04. The minimum Gasteiger partial charge on any atom is -0.394 e. The van der Waals surface area contributed by atoms with Crippen molar-refractivity contribution in [2.45, 2.75) is 13.0 Å². The predicted molar refractivity (Wildman–Crippen MR) is 55.4 cm³/mol. The zero-order valence-electron chi connectivity index (χ0n) is 7.90. The summed E-state index contributed by atoms with van der Waals surface area (Å²) in [7, 11) is 1.88. The number of aliphatic hydroxyl groups excluding tert-OH is 2. The van der Waals surface area contributed by atoms with E-state index in [4.69, 9.17) is 10.2 Å². The van der Waals surface area contributed by atoms with E-state index in [1.54, 1.807) is 11.3 Å². The van der Waals surface area contributed by atoms with Gasteiger partial charge in [0, 0.05) is 7.05 Å². The zero-order valence-corrected chi connectivity index (χ0v) is 8.71. The van der Waals surface area contributed by atoms with E-state index >= 15 is 0 Å². The summed E-state index contributed by atoms with van der Waals surface area (Å²) < 4.78 is 0. The van der Waals surface area contributed by atoms with Crippen molar-refractivity contribution < 1.29 is 10.2 Å². The van der Waals surface area contributed by atoms with Crippen LogP contribution in [0.2, 0.25) is 0 Å². The number of hydrogen-bond acceptors (Lipinski definition) is 4. The molecule has 0 bridgehead atoms. The SMILES string of the molecule is Cc1ccsc1N(C)C(CO)CO. The molecule has 0 fully saturated rings. The molecule has 0 aromatic carbocycles. The Morgan fingerprint density at radius 1 is 1.46 bits per heavy atom. The van der Waals surface area contributed by atoms with Crippen molar-refractivity contribution >= 4 is 16.3 Å². The summed E-state index contributed by atoms with van der Waals surface area (Å²) >= 11 is 1.62. The molecular formula is C9H15NO2S. The lowest BCUT2D eigenvalue weighted by atomic mass is 10.2. The van der Waals surface area contributed by atoms with Gasteiger partial charge in [-0.3, -0.25) is 0 Å². The molecule has 3 nitrogen and oxygen atoms in total. The Bertz CT molecular complexity index is 258. The predicted octanol–water partition coefficient (Wildman–Crippen LogP) is 0.846. The van der Waals surface area contributed by atoms with E-state index in [2.05, 4.69) is 0 Å². The highest BCUT2D eigenvalue weighted by Gasteiger charge is 2.15. The largest absolute Gasteiger partial charge is 0.394 e. The molecule has 0 saturated carbocycles. The van der Waals surface area contributed by atoms with Crippen molar-refractivity contribution in [2.24, 2.45) is 0 Å². The van der Waals surface area contributed by atoms with Gasteiger partial charge in [0.15, 0.2) is 0 Å². The molecule has 1 heterocycles. The fraction of sp³-hybridized carbons (Fsp3) is 0.556. The minimum atomic E-state index is -0.197. The topological polar surface area (TPSA) is 43.7 Å². The fourth-order valence-electron chi connectivity index (χ4n) is 1.19. The molecule has 1 aromatic rings. The van der Waals surface area contributed by atoms with Crippen molar-refractivity contribution in [2.75, 3.05) is 25.2 Å². The van der Waals surface area contributed by atoms with E-state index in [9.17, 15) is 0 Å². The minimum absolute atomic E-state index is 0.0235. The van der Waals surface area contributed by atoms with Crippen molar-refractivity contribution in [1.29, 1.82) is 0 Å². The molecule has 74 valence electrons. The Morgan fingerprint density at radius 2 is 2.08 bits per heavy atom. The number of nitrogens with zero attached hydrogens (tertiary/aromatic N) is 1. The third-order valence-corrected chi connectivity index (χ3v) is 3.23. The first-order chi connectivity index (χ1) is 6.20. The van der Waals surface area contributed by atoms with Gasteiger partial charge in [-0.25, -0.2) is 0 Å². The quantitative estimate of drug-likeness (QED) is 0.759. The van der Waals surface area contributed by atoms with E-state index in [1.165, 1.54) is 5.56 Å². The van der Waals surface area contributed by atoms with Crippen LogP contribution in [0.4, 0.5) is 5.00 Å². The molecule has 4 heteroatoms. The van der Waals surface area contributed by atoms with Crippen LogP contribution in [-0.4, -0.2) is 36.5 Å². The van der Waals surface area contributed by atoms with Gasteiger partial charge in [0.1, 0.15) is 0 Å². The normalized spacial score (nSPS) is 10.8. The molecule has 0 amide bonds. The van der Waals surface area contributed by atoms with Crippen LogP contribution in [0.5, 0.6) is 0 Å². The van der Waals surface area contributed by atoms with E-state index in [-0.39, 0.29) is 19.3 Å². The molecule has 0 aliphatic carbocycles. The highest BCUT2D eigenvalue weighted by Crippen LogP contribution is 2.26. The summed E-state index contributed by atoms with van der Waals surface area (Å²) in [4.78, 5) is 1.92. The van der Waals surface area contributed by atoms with Gasteiger partial charge in [-0.05, 0) is 23.9 Å². The second-order valence-corrected chi connectivity index (χ2v) is 3.93. The Balaban J connectivity index is 2.77. The lowest BCUT2D eigenvalue weighted by molar-refractivity contribution is 0.191. The average Bonchev–Trinajstić information content (AvgIpc) is 2.53. The molecule has 0 atom stereocenters. The molecule has 0 spiro atoms. The van der Waals surface area contributed by atoms with Crippen LogP contribution in [0.1, 0.15) is 5.56 Å². The molecule has 0 aliphatic heterocycles. The summed E-state index contributed by atoms with van der Waals surface area (Å²) in [5, 5.41) is 21.1. The van der Waals surface area contributed by atoms with Crippen molar-refractivity contribution in [1.82, 2.24) is 0 Å². The summed E-state index contributed by atoms with van der Waals surface area (Å²) in [6.07, 6.45) is 0. The Hall–Kier alpha value is -0.580. The van der Waals surface area contributed by atoms with E-state index in [0.717, 1.165) is 5.00 Å². The zero-order chi connectivity index (χ0) is 9.84. The third kappa shape index (κ3) is 2.21. The number of hydrogen-bond donors (Lipinski definition) is 2. The van der Waals surface area contributed by atoms with Gasteiger partial charge >= 0.3 is 0 Å². The summed E-state index contributed by atoms with van der Waals surface area (Å²) in [5.74, 6) is 0. The van der Waals surface area contributed by atoms with Crippen LogP contribution < -0.4 is 4.90 Å². The van der Waals surface area contributed by atoms with Crippen LogP contribution in [0.25, 0.3) is 0 Å². The number of aryl methyl sites for hydroxylation is 1. The van der Waals surface area contributed by atoms with E-state index in [0.29, 0.717) is 0 Å². The van der Waals surface area contributed by atoms with Gasteiger partial charge in [-0.15, -0.1) is 11.3 Å². The maximum Gasteiger partial charge on any atom is 0.0939 e. The molecule has 2 N–H and O–H groups in total. The third-order valence-electron chi connectivity index (χ3n) is 2.12. The molecular weight excluding hydrogens is 186 g/mol.